The Balaban J connectivity index is 1.81. The number of esters is 1. The molecule has 106 valence electrons. The molecule has 1 aromatic heterocycles. The number of H-pyrrole nitrogens is 1. The molecule has 0 spiro atoms. The summed E-state index contributed by atoms with van der Waals surface area (Å²) >= 11 is 0. The van der Waals surface area contributed by atoms with Crippen LogP contribution in [0.5, 0.6) is 0 Å². The second-order valence-electron chi connectivity index (χ2n) is 5.19. The van der Waals surface area contributed by atoms with Crippen LogP contribution in [0.1, 0.15) is 37.1 Å². The fourth-order valence-electron chi connectivity index (χ4n) is 3.04. The van der Waals surface area contributed by atoms with Crippen LogP contribution >= 0.6 is 0 Å². The summed E-state index contributed by atoms with van der Waals surface area (Å²) in [6.07, 6.45) is 3.31. The van der Waals surface area contributed by atoms with Gasteiger partial charge in [0.15, 0.2) is 0 Å². The predicted molar refractivity (Wildman–Crippen MR) is 78.6 cm³/mol. The lowest BCUT2D eigenvalue weighted by molar-refractivity contribution is -0.142. The Morgan fingerprint density at radius 3 is 3.15 bits per heavy atom. The zero-order chi connectivity index (χ0) is 13.9. The van der Waals surface area contributed by atoms with Gasteiger partial charge in [0.1, 0.15) is 0 Å². The molecular formula is C16H20N2O2. The van der Waals surface area contributed by atoms with Crippen LogP contribution in [0.2, 0.25) is 0 Å². The summed E-state index contributed by atoms with van der Waals surface area (Å²) in [6, 6.07) is 8.61. The van der Waals surface area contributed by atoms with Gasteiger partial charge < -0.3 is 9.72 Å². The molecule has 3 rings (SSSR count). The second-order valence-corrected chi connectivity index (χ2v) is 5.19. The molecule has 0 aliphatic heterocycles. The van der Waals surface area contributed by atoms with E-state index in [2.05, 4.69) is 28.5 Å². The van der Waals surface area contributed by atoms with E-state index < -0.39 is 0 Å². The molecule has 1 heterocycles. The van der Waals surface area contributed by atoms with E-state index in [1.165, 1.54) is 22.2 Å². The third kappa shape index (κ3) is 2.43. The molecule has 0 radical (unpaired) electrons. The number of aromatic nitrogens is 1. The Morgan fingerprint density at radius 1 is 1.45 bits per heavy atom. The number of carbonyl (C=O) groups excluding carboxylic acids is 1. The topological polar surface area (TPSA) is 54.1 Å². The number of aryl methyl sites for hydroxylation is 1. The number of carbonyl (C=O) groups is 1. The number of para-hydroxylation sites is 1. The summed E-state index contributed by atoms with van der Waals surface area (Å²) < 4.78 is 4.97. The summed E-state index contributed by atoms with van der Waals surface area (Å²) in [6.45, 7) is 2.53. The number of ether oxygens (including phenoxy) is 1. The molecule has 0 bridgehead atoms. The minimum absolute atomic E-state index is 0.185. The highest BCUT2D eigenvalue weighted by Crippen LogP contribution is 2.34. The standard InChI is InChI=1S/C16H20N2O2/c1-2-20-15(19)10-17-14-9-5-7-12-11-6-3-4-8-13(11)18-16(12)14/h3-4,6,8,14,17-18H,2,5,7,9-10H2,1H3. The van der Waals surface area contributed by atoms with E-state index in [0.29, 0.717) is 6.61 Å². The van der Waals surface area contributed by atoms with Crippen molar-refractivity contribution in [2.75, 3.05) is 13.2 Å². The van der Waals surface area contributed by atoms with Gasteiger partial charge in [-0.1, -0.05) is 18.2 Å². The molecule has 20 heavy (non-hydrogen) atoms. The Morgan fingerprint density at radius 2 is 2.30 bits per heavy atom. The molecular weight excluding hydrogens is 252 g/mol. The van der Waals surface area contributed by atoms with Crippen LogP contribution in [-0.2, 0) is 16.0 Å². The normalized spacial score (nSPS) is 17.9. The molecule has 2 aromatic rings. The first-order valence-electron chi connectivity index (χ1n) is 7.28. The minimum atomic E-state index is -0.185. The third-order valence-corrected chi connectivity index (χ3v) is 3.91. The number of rotatable bonds is 4. The highest BCUT2D eigenvalue weighted by molar-refractivity contribution is 5.85. The van der Waals surface area contributed by atoms with Crippen molar-refractivity contribution in [1.29, 1.82) is 0 Å². The Labute approximate surface area is 118 Å². The van der Waals surface area contributed by atoms with Crippen LogP contribution in [0.4, 0.5) is 0 Å². The number of fused-ring (bicyclic) bond motifs is 3. The SMILES string of the molecule is CCOC(=O)CNC1CCCc2c1[nH]c1ccccc21. The first-order chi connectivity index (χ1) is 9.79. The van der Waals surface area contributed by atoms with Crippen molar-refractivity contribution in [3.05, 3.63) is 35.5 Å². The van der Waals surface area contributed by atoms with Gasteiger partial charge in [-0.05, 0) is 37.8 Å². The molecule has 0 amide bonds. The lowest BCUT2D eigenvalue weighted by Gasteiger charge is -2.23. The van der Waals surface area contributed by atoms with E-state index in [0.717, 1.165) is 19.3 Å². The molecule has 0 fully saturated rings. The molecule has 1 aromatic carbocycles. The number of hydrogen-bond donors (Lipinski definition) is 2. The maximum Gasteiger partial charge on any atom is 0.319 e. The summed E-state index contributed by atoms with van der Waals surface area (Å²) in [4.78, 5) is 15.0. The Hall–Kier alpha value is -1.81. The highest BCUT2D eigenvalue weighted by atomic mass is 16.5. The monoisotopic (exact) mass is 272 g/mol. The van der Waals surface area contributed by atoms with Crippen LogP contribution in [-0.4, -0.2) is 24.1 Å². The zero-order valence-corrected chi connectivity index (χ0v) is 11.7. The molecule has 0 saturated heterocycles. The Kier molecular flexibility index (Phi) is 3.74. The van der Waals surface area contributed by atoms with Gasteiger partial charge in [-0.3, -0.25) is 10.1 Å². The number of hydrogen-bond acceptors (Lipinski definition) is 3. The van der Waals surface area contributed by atoms with E-state index >= 15 is 0 Å². The maximum atomic E-state index is 11.5. The van der Waals surface area contributed by atoms with Gasteiger partial charge in [-0.2, -0.15) is 0 Å². The van der Waals surface area contributed by atoms with Gasteiger partial charge in [0.25, 0.3) is 0 Å². The van der Waals surface area contributed by atoms with Crippen LogP contribution in [0.25, 0.3) is 10.9 Å². The number of benzene rings is 1. The lowest BCUT2D eigenvalue weighted by Crippen LogP contribution is -2.31. The van der Waals surface area contributed by atoms with Gasteiger partial charge in [-0.25, -0.2) is 0 Å². The summed E-state index contributed by atoms with van der Waals surface area (Å²) in [5, 5.41) is 4.63. The lowest BCUT2D eigenvalue weighted by atomic mass is 9.92. The summed E-state index contributed by atoms with van der Waals surface area (Å²) in [7, 11) is 0. The van der Waals surface area contributed by atoms with Crippen LogP contribution in [0.3, 0.4) is 0 Å². The summed E-state index contributed by atoms with van der Waals surface area (Å²) in [5.74, 6) is -0.185. The van der Waals surface area contributed by atoms with Crippen molar-refractivity contribution < 1.29 is 9.53 Å². The smallest absolute Gasteiger partial charge is 0.319 e. The molecule has 1 aliphatic rings. The van der Waals surface area contributed by atoms with E-state index in [-0.39, 0.29) is 18.6 Å². The highest BCUT2D eigenvalue weighted by Gasteiger charge is 2.24. The second kappa shape index (κ2) is 5.67. The van der Waals surface area contributed by atoms with Crippen molar-refractivity contribution in [2.24, 2.45) is 0 Å². The van der Waals surface area contributed by atoms with E-state index in [1.54, 1.807) is 0 Å². The molecule has 1 aliphatic carbocycles. The molecule has 4 nitrogen and oxygen atoms in total. The predicted octanol–water partition coefficient (Wildman–Crippen LogP) is 2.70. The van der Waals surface area contributed by atoms with E-state index in [4.69, 9.17) is 4.74 Å². The van der Waals surface area contributed by atoms with Gasteiger partial charge in [0.05, 0.1) is 13.2 Å². The van der Waals surface area contributed by atoms with Crippen molar-refractivity contribution in [1.82, 2.24) is 10.3 Å². The molecule has 4 heteroatoms. The van der Waals surface area contributed by atoms with Gasteiger partial charge in [0, 0.05) is 22.6 Å². The van der Waals surface area contributed by atoms with Crippen LogP contribution in [0, 0.1) is 0 Å². The van der Waals surface area contributed by atoms with Gasteiger partial charge in [0.2, 0.25) is 0 Å². The first kappa shape index (κ1) is 13.2. The number of nitrogens with one attached hydrogen (secondary N) is 2. The quantitative estimate of drug-likeness (QED) is 0.841. The minimum Gasteiger partial charge on any atom is -0.465 e. The van der Waals surface area contributed by atoms with E-state index in [9.17, 15) is 4.79 Å². The summed E-state index contributed by atoms with van der Waals surface area (Å²) in [5.41, 5.74) is 3.82. The van der Waals surface area contributed by atoms with Crippen LogP contribution in [0.15, 0.2) is 24.3 Å². The zero-order valence-electron chi connectivity index (χ0n) is 11.7. The average molecular weight is 272 g/mol. The van der Waals surface area contributed by atoms with Crippen molar-refractivity contribution >= 4 is 16.9 Å². The molecule has 1 atom stereocenters. The fourth-order valence-corrected chi connectivity index (χ4v) is 3.04. The maximum absolute atomic E-state index is 11.5. The Bertz CT molecular complexity index is 618. The molecule has 2 N–H and O–H groups in total. The first-order valence-corrected chi connectivity index (χ1v) is 7.28. The molecule has 1 unspecified atom stereocenters. The van der Waals surface area contributed by atoms with Crippen LogP contribution < -0.4 is 5.32 Å². The third-order valence-electron chi connectivity index (χ3n) is 3.91. The average Bonchev–Trinajstić information content (AvgIpc) is 2.84. The largest absolute Gasteiger partial charge is 0.465 e. The fraction of sp³-hybridized carbons (Fsp3) is 0.438. The van der Waals surface area contributed by atoms with Gasteiger partial charge >= 0.3 is 5.97 Å². The van der Waals surface area contributed by atoms with E-state index in [1.807, 2.05) is 13.0 Å². The van der Waals surface area contributed by atoms with Crippen molar-refractivity contribution in [3.8, 4) is 0 Å². The van der Waals surface area contributed by atoms with Crippen molar-refractivity contribution in [3.63, 3.8) is 0 Å². The molecule has 0 saturated carbocycles. The van der Waals surface area contributed by atoms with Crippen molar-refractivity contribution in [2.45, 2.75) is 32.2 Å². The number of aromatic amines is 1. The van der Waals surface area contributed by atoms with Gasteiger partial charge in [-0.15, -0.1) is 0 Å².